The second kappa shape index (κ2) is 6.20. The molecule has 8 heteroatoms. The highest BCUT2D eigenvalue weighted by atomic mass is 35.5. The molecule has 1 fully saturated rings. The van der Waals surface area contributed by atoms with E-state index in [4.69, 9.17) is 36.5 Å². The number of fused-ring (bicyclic) bond motifs is 3. The van der Waals surface area contributed by atoms with Crippen LogP contribution >= 0.6 is 22.9 Å². The molecule has 29 heavy (non-hydrogen) atoms. The number of nitrogens with zero attached hydrogens (tertiary/aromatic N) is 1. The second-order valence-corrected chi connectivity index (χ2v) is 10.0. The molecule has 1 unspecified atom stereocenters. The Balaban J connectivity index is 1.58. The molecule has 6 nitrogen and oxygen atoms in total. The Hall–Kier alpha value is -2.09. The van der Waals surface area contributed by atoms with Crippen LogP contribution in [0.25, 0.3) is 0 Å². The molecule has 1 aromatic heterocycles. The molecule has 1 saturated heterocycles. The maximum atomic E-state index is 12.7. The Morgan fingerprint density at radius 3 is 2.62 bits per heavy atom. The monoisotopic (exact) mass is 432 g/mol. The molecule has 3 aliphatic heterocycles. The molecule has 2 N–H and O–H groups in total. The number of rotatable bonds is 3. The summed E-state index contributed by atoms with van der Waals surface area (Å²) in [6, 6.07) is 9.52. The zero-order valence-electron chi connectivity index (χ0n) is 16.2. The molecular weight excluding hydrogens is 412 g/mol. The summed E-state index contributed by atoms with van der Waals surface area (Å²) in [5.41, 5.74) is 6.15. The van der Waals surface area contributed by atoms with Crippen LogP contribution < -0.4 is 10.5 Å². The van der Waals surface area contributed by atoms with Gasteiger partial charge in [0.25, 0.3) is 6.02 Å². The standard InChI is InChI=1S/C21H21ClN2O4S/c1-19(2)20(9-26-10-20)21(11-27-18(23)24-21)13-7-12(3-4-15(13)28-19)8-14(25)16-5-6-17(22)29-16/h3-7H,8-11H2,1-2H3,(H2,23,24). The van der Waals surface area contributed by atoms with Crippen LogP contribution in [-0.2, 0) is 21.4 Å². The average Bonchev–Trinajstić information content (AvgIpc) is 3.21. The number of carbonyl (C=O) groups excluding carboxylic acids is 1. The van der Waals surface area contributed by atoms with E-state index in [9.17, 15) is 4.79 Å². The minimum absolute atomic E-state index is 0.0281. The van der Waals surface area contributed by atoms with Gasteiger partial charge in [0.1, 0.15) is 23.5 Å². The van der Waals surface area contributed by atoms with Crippen molar-refractivity contribution in [3.05, 3.63) is 50.7 Å². The lowest BCUT2D eigenvalue weighted by Crippen LogP contribution is -2.71. The summed E-state index contributed by atoms with van der Waals surface area (Å²) in [6.45, 7) is 5.47. The molecule has 0 bridgehead atoms. The van der Waals surface area contributed by atoms with Crippen molar-refractivity contribution in [1.82, 2.24) is 0 Å². The van der Waals surface area contributed by atoms with E-state index >= 15 is 0 Å². The normalized spacial score (nSPS) is 25.7. The molecule has 2 spiro atoms. The minimum atomic E-state index is -0.697. The van der Waals surface area contributed by atoms with Gasteiger partial charge in [-0.05, 0) is 43.7 Å². The van der Waals surface area contributed by atoms with Gasteiger partial charge in [-0.15, -0.1) is 11.3 Å². The number of benzene rings is 1. The molecule has 5 rings (SSSR count). The van der Waals surface area contributed by atoms with Crippen LogP contribution in [0.2, 0.25) is 4.34 Å². The molecule has 1 aromatic carbocycles. The van der Waals surface area contributed by atoms with Gasteiger partial charge in [0.15, 0.2) is 5.78 Å². The maximum absolute atomic E-state index is 12.7. The maximum Gasteiger partial charge on any atom is 0.283 e. The van der Waals surface area contributed by atoms with E-state index in [1.807, 2.05) is 18.2 Å². The van der Waals surface area contributed by atoms with Gasteiger partial charge in [-0.3, -0.25) is 4.79 Å². The largest absolute Gasteiger partial charge is 0.487 e. The molecule has 0 saturated carbocycles. The van der Waals surface area contributed by atoms with Crippen molar-refractivity contribution in [2.45, 2.75) is 31.4 Å². The van der Waals surface area contributed by atoms with Crippen LogP contribution in [0.3, 0.4) is 0 Å². The Bertz CT molecular complexity index is 1040. The fourth-order valence-electron chi connectivity index (χ4n) is 4.67. The van der Waals surface area contributed by atoms with Crippen molar-refractivity contribution >= 4 is 34.7 Å². The zero-order valence-corrected chi connectivity index (χ0v) is 17.7. The van der Waals surface area contributed by atoms with Crippen LogP contribution in [0.4, 0.5) is 0 Å². The quantitative estimate of drug-likeness (QED) is 0.750. The molecule has 4 heterocycles. The van der Waals surface area contributed by atoms with Crippen molar-refractivity contribution in [1.29, 1.82) is 0 Å². The number of halogens is 1. The molecule has 0 radical (unpaired) electrons. The van der Waals surface area contributed by atoms with Crippen molar-refractivity contribution < 1.29 is 19.0 Å². The molecule has 1 atom stereocenters. The summed E-state index contributed by atoms with van der Waals surface area (Å²) in [5, 5.41) is 0. The lowest BCUT2D eigenvalue weighted by molar-refractivity contribution is -0.247. The molecular formula is C21H21ClN2O4S. The van der Waals surface area contributed by atoms with Crippen molar-refractivity contribution in [3.63, 3.8) is 0 Å². The van der Waals surface area contributed by atoms with Gasteiger partial charge in [0, 0.05) is 12.0 Å². The number of thiophene rings is 1. The van der Waals surface area contributed by atoms with Gasteiger partial charge in [-0.2, -0.15) is 0 Å². The fourth-order valence-corrected chi connectivity index (χ4v) is 5.65. The van der Waals surface area contributed by atoms with E-state index < -0.39 is 16.6 Å². The highest BCUT2D eigenvalue weighted by Gasteiger charge is 2.71. The summed E-state index contributed by atoms with van der Waals surface area (Å²) in [7, 11) is 0. The molecule has 0 amide bonds. The van der Waals surface area contributed by atoms with Gasteiger partial charge in [-0.25, -0.2) is 4.99 Å². The third-order valence-corrected chi connectivity index (χ3v) is 7.71. The molecule has 2 aromatic rings. The van der Waals surface area contributed by atoms with E-state index in [0.29, 0.717) is 29.0 Å². The van der Waals surface area contributed by atoms with Crippen LogP contribution in [0, 0.1) is 5.41 Å². The van der Waals surface area contributed by atoms with Gasteiger partial charge in [-0.1, -0.05) is 17.7 Å². The lowest BCUT2D eigenvalue weighted by atomic mass is 9.55. The average molecular weight is 433 g/mol. The van der Waals surface area contributed by atoms with Gasteiger partial charge in [0.05, 0.1) is 27.8 Å². The van der Waals surface area contributed by atoms with Crippen LogP contribution in [0.1, 0.15) is 34.6 Å². The van der Waals surface area contributed by atoms with E-state index in [1.165, 1.54) is 11.3 Å². The first kappa shape index (κ1) is 18.9. The van der Waals surface area contributed by atoms with Crippen molar-refractivity contribution in [3.8, 4) is 5.75 Å². The summed E-state index contributed by atoms with van der Waals surface area (Å²) in [6.07, 6.45) is 0.271. The summed E-state index contributed by atoms with van der Waals surface area (Å²) in [4.78, 5) is 18.1. The first-order chi connectivity index (χ1) is 13.8. The van der Waals surface area contributed by atoms with E-state index in [0.717, 1.165) is 16.9 Å². The topological polar surface area (TPSA) is 83.1 Å². The van der Waals surface area contributed by atoms with Gasteiger partial charge in [0.2, 0.25) is 0 Å². The Labute approximate surface area is 177 Å². The number of hydrogen-bond acceptors (Lipinski definition) is 7. The number of ketones is 1. The summed E-state index contributed by atoms with van der Waals surface area (Å²) in [5.74, 6) is 0.769. The predicted molar refractivity (Wildman–Crippen MR) is 111 cm³/mol. The Morgan fingerprint density at radius 2 is 2.03 bits per heavy atom. The summed E-state index contributed by atoms with van der Waals surface area (Å²) >= 11 is 7.27. The predicted octanol–water partition coefficient (Wildman–Crippen LogP) is 3.55. The Morgan fingerprint density at radius 1 is 1.24 bits per heavy atom. The highest BCUT2D eigenvalue weighted by Crippen LogP contribution is 2.62. The molecule has 3 aliphatic rings. The van der Waals surface area contributed by atoms with Crippen molar-refractivity contribution in [2.75, 3.05) is 19.8 Å². The third-order valence-electron chi connectivity index (χ3n) is 6.44. The van der Waals surface area contributed by atoms with Crippen LogP contribution in [0.5, 0.6) is 5.75 Å². The first-order valence-electron chi connectivity index (χ1n) is 9.43. The van der Waals surface area contributed by atoms with E-state index in [1.54, 1.807) is 12.1 Å². The highest BCUT2D eigenvalue weighted by molar-refractivity contribution is 7.18. The van der Waals surface area contributed by atoms with Crippen molar-refractivity contribution in [2.24, 2.45) is 16.1 Å². The number of aliphatic imine (C=N–C) groups is 1. The van der Waals surface area contributed by atoms with Crippen LogP contribution in [-0.4, -0.2) is 37.2 Å². The third kappa shape index (κ3) is 2.57. The Kier molecular flexibility index (Phi) is 4.04. The summed E-state index contributed by atoms with van der Waals surface area (Å²) < 4.78 is 18.3. The fraction of sp³-hybridized carbons (Fsp3) is 0.429. The number of Topliss-reactive ketones (excluding diaryl/α,β-unsaturated/α-hetero) is 1. The van der Waals surface area contributed by atoms with Gasteiger partial charge < -0.3 is 19.9 Å². The number of carbonyl (C=O) groups is 1. The minimum Gasteiger partial charge on any atom is -0.487 e. The first-order valence-corrected chi connectivity index (χ1v) is 10.6. The SMILES string of the molecule is CC1(C)Oc2ccc(CC(=O)c3ccc(Cl)s3)cc2C2(COC(N)=N2)C12COC2. The van der Waals surface area contributed by atoms with Gasteiger partial charge >= 0.3 is 0 Å². The molecule has 0 aliphatic carbocycles. The number of hydrogen-bond donors (Lipinski definition) is 1. The van der Waals surface area contributed by atoms with E-state index in [-0.39, 0.29) is 18.2 Å². The smallest absolute Gasteiger partial charge is 0.283 e. The number of amidine groups is 1. The van der Waals surface area contributed by atoms with Crippen LogP contribution in [0.15, 0.2) is 35.3 Å². The molecule has 152 valence electrons. The zero-order chi connectivity index (χ0) is 20.4. The lowest BCUT2D eigenvalue weighted by Gasteiger charge is -2.61. The number of ether oxygens (including phenoxy) is 3. The second-order valence-electron chi connectivity index (χ2n) is 8.32. The number of nitrogens with two attached hydrogens (primary N) is 1. The van der Waals surface area contributed by atoms with E-state index in [2.05, 4.69) is 13.8 Å².